The molecule has 0 saturated heterocycles. The molecule has 0 bridgehead atoms. The van der Waals surface area contributed by atoms with Crippen LogP contribution in [0.5, 0.6) is 0 Å². The number of rotatable bonds is 7. The first-order valence-electron chi connectivity index (χ1n) is 13.2. The summed E-state index contributed by atoms with van der Waals surface area (Å²) in [4.78, 5) is 42.0. The van der Waals surface area contributed by atoms with Crippen molar-refractivity contribution in [2.45, 2.75) is 62.8 Å². The van der Waals surface area contributed by atoms with E-state index in [4.69, 9.17) is 27.9 Å². The Morgan fingerprint density at radius 3 is 2.60 bits per heavy atom. The average molecular weight is 646 g/mol. The quantitative estimate of drug-likeness (QED) is 0.252. The number of carbonyl (C=O) groups excluding carboxylic acids is 3. The maximum atomic E-state index is 13.4. The number of hydrogen-bond acceptors (Lipinski definition) is 7. The maximum Gasteiger partial charge on any atom is 0.410 e. The van der Waals surface area contributed by atoms with Gasteiger partial charge in [-0.3, -0.25) is 9.59 Å². The van der Waals surface area contributed by atoms with Crippen molar-refractivity contribution in [1.82, 2.24) is 4.90 Å². The van der Waals surface area contributed by atoms with Crippen LogP contribution in [0.15, 0.2) is 47.4 Å². The van der Waals surface area contributed by atoms with Gasteiger partial charge in [-0.05, 0) is 75.6 Å². The topological polar surface area (TPSA) is 112 Å². The van der Waals surface area contributed by atoms with E-state index in [1.165, 1.54) is 29.2 Å². The van der Waals surface area contributed by atoms with Crippen molar-refractivity contribution in [3.05, 3.63) is 74.1 Å². The number of thiophene rings is 1. The molecular weight excluding hydrogens is 615 g/mol. The van der Waals surface area contributed by atoms with Crippen LogP contribution in [-0.4, -0.2) is 40.2 Å². The number of ether oxygens (including phenoxy) is 1. The summed E-state index contributed by atoms with van der Waals surface area (Å²) in [6.45, 7) is 8.13. The maximum absolute atomic E-state index is 13.4. The molecular formula is C30H30Cl2N4O4S2. The molecule has 3 amide bonds. The van der Waals surface area contributed by atoms with Crippen LogP contribution in [0, 0.1) is 11.3 Å². The van der Waals surface area contributed by atoms with Crippen molar-refractivity contribution in [1.29, 1.82) is 5.26 Å². The van der Waals surface area contributed by atoms with Crippen molar-refractivity contribution in [3.8, 4) is 6.07 Å². The first kappa shape index (κ1) is 31.7. The Kier molecular flexibility index (Phi) is 10.1. The number of hydrogen-bond donors (Lipinski definition) is 2. The minimum Gasteiger partial charge on any atom is -0.444 e. The van der Waals surface area contributed by atoms with Crippen LogP contribution in [0.3, 0.4) is 0 Å². The molecule has 1 aliphatic heterocycles. The van der Waals surface area contributed by atoms with Gasteiger partial charge in [0.2, 0.25) is 5.91 Å². The van der Waals surface area contributed by atoms with Gasteiger partial charge in [0.25, 0.3) is 5.91 Å². The molecule has 1 atom stereocenters. The van der Waals surface area contributed by atoms with Crippen LogP contribution in [0.4, 0.5) is 15.5 Å². The van der Waals surface area contributed by atoms with Crippen molar-refractivity contribution in [2.24, 2.45) is 0 Å². The summed E-state index contributed by atoms with van der Waals surface area (Å²) in [5.41, 5.74) is 1.55. The summed E-state index contributed by atoms with van der Waals surface area (Å²) in [5, 5.41) is 16.4. The Morgan fingerprint density at radius 1 is 1.17 bits per heavy atom. The third kappa shape index (κ3) is 7.78. The number of carbonyl (C=O) groups is 3. The van der Waals surface area contributed by atoms with Crippen LogP contribution >= 0.6 is 46.3 Å². The average Bonchev–Trinajstić information content (AvgIpc) is 3.26. The molecule has 4 rings (SSSR count). The molecule has 1 aromatic heterocycles. The molecule has 12 heteroatoms. The van der Waals surface area contributed by atoms with E-state index < -0.39 is 16.9 Å². The lowest BCUT2D eigenvalue weighted by molar-refractivity contribution is -0.115. The van der Waals surface area contributed by atoms with Crippen molar-refractivity contribution in [2.75, 3.05) is 17.2 Å². The standard InChI is InChI=1S/C30H30Cl2N4O4S2/c1-5-24(41-19-8-6-7-18(14-19)34-26(37)21-10-9-17(31)13-23(21)32)27(38)35-28-22(15-33)20-11-12-36(16-25(20)42-28)29(39)40-30(2,3)4/h6-10,13-14,24H,5,11-12,16H2,1-4H3,(H,34,37)(H,35,38). The molecule has 220 valence electrons. The minimum absolute atomic E-state index is 0.232. The smallest absolute Gasteiger partial charge is 0.410 e. The molecule has 0 radical (unpaired) electrons. The predicted molar refractivity (Wildman–Crippen MR) is 169 cm³/mol. The second kappa shape index (κ2) is 13.4. The highest BCUT2D eigenvalue weighted by Crippen LogP contribution is 2.38. The summed E-state index contributed by atoms with van der Waals surface area (Å²) in [6.07, 6.45) is 0.644. The van der Waals surface area contributed by atoms with Gasteiger partial charge in [0.1, 0.15) is 16.7 Å². The van der Waals surface area contributed by atoms with Crippen molar-refractivity contribution >= 4 is 74.9 Å². The van der Waals surface area contributed by atoms with Gasteiger partial charge >= 0.3 is 6.09 Å². The van der Waals surface area contributed by atoms with Crippen LogP contribution in [0.25, 0.3) is 0 Å². The lowest BCUT2D eigenvalue weighted by Gasteiger charge is -2.29. The molecule has 0 spiro atoms. The first-order valence-corrected chi connectivity index (χ1v) is 15.7. The number of amides is 3. The van der Waals surface area contributed by atoms with Gasteiger partial charge in [0.15, 0.2) is 0 Å². The fourth-order valence-corrected chi connectivity index (χ4v) is 7.01. The molecule has 0 fully saturated rings. The summed E-state index contributed by atoms with van der Waals surface area (Å²) < 4.78 is 5.50. The highest BCUT2D eigenvalue weighted by Gasteiger charge is 2.31. The largest absolute Gasteiger partial charge is 0.444 e. The van der Waals surface area contributed by atoms with E-state index in [-0.39, 0.29) is 16.8 Å². The van der Waals surface area contributed by atoms with Gasteiger partial charge in [-0.1, -0.05) is 36.2 Å². The van der Waals surface area contributed by atoms with E-state index in [1.54, 1.807) is 35.2 Å². The molecule has 42 heavy (non-hydrogen) atoms. The third-order valence-corrected chi connectivity index (χ3v) is 9.30. The summed E-state index contributed by atoms with van der Waals surface area (Å²) in [5.74, 6) is -0.608. The van der Waals surface area contributed by atoms with E-state index in [0.717, 1.165) is 15.3 Å². The second-order valence-corrected chi connectivity index (χ2v) is 13.8. The van der Waals surface area contributed by atoms with E-state index in [1.807, 2.05) is 33.8 Å². The number of nitrogens with zero attached hydrogens (tertiary/aromatic N) is 2. The van der Waals surface area contributed by atoms with Gasteiger partial charge in [-0.15, -0.1) is 23.1 Å². The van der Waals surface area contributed by atoms with Gasteiger partial charge in [0, 0.05) is 27.0 Å². The number of thioether (sulfide) groups is 1. The number of nitriles is 1. The molecule has 1 aliphatic rings. The number of halogens is 2. The number of fused-ring (bicyclic) bond motifs is 1. The van der Waals surface area contributed by atoms with Crippen LogP contribution < -0.4 is 10.6 Å². The molecule has 2 heterocycles. The van der Waals surface area contributed by atoms with E-state index >= 15 is 0 Å². The van der Waals surface area contributed by atoms with Crippen LogP contribution in [0.1, 0.15) is 60.5 Å². The normalized spacial score (nSPS) is 13.5. The Bertz CT molecular complexity index is 1560. The van der Waals surface area contributed by atoms with E-state index in [9.17, 15) is 19.6 Å². The van der Waals surface area contributed by atoms with E-state index in [0.29, 0.717) is 52.8 Å². The molecule has 0 aliphatic carbocycles. The highest BCUT2D eigenvalue weighted by atomic mass is 35.5. The Hall–Kier alpha value is -3.23. The Morgan fingerprint density at radius 2 is 1.93 bits per heavy atom. The van der Waals surface area contributed by atoms with Crippen molar-refractivity contribution in [3.63, 3.8) is 0 Å². The fraction of sp³-hybridized carbons (Fsp3) is 0.333. The SMILES string of the molecule is CCC(Sc1cccc(NC(=O)c2ccc(Cl)cc2Cl)c1)C(=O)Nc1sc2c(c1C#N)CCN(C(=O)OC(C)(C)C)C2. The number of nitrogens with one attached hydrogen (secondary N) is 2. The number of anilines is 2. The minimum atomic E-state index is -0.605. The zero-order valence-corrected chi connectivity index (χ0v) is 26.7. The van der Waals surface area contributed by atoms with Gasteiger partial charge < -0.3 is 20.3 Å². The van der Waals surface area contributed by atoms with Gasteiger partial charge in [0.05, 0.1) is 27.9 Å². The molecule has 0 saturated carbocycles. The monoisotopic (exact) mass is 644 g/mol. The lowest BCUT2D eigenvalue weighted by atomic mass is 10.0. The van der Waals surface area contributed by atoms with E-state index in [2.05, 4.69) is 16.7 Å². The molecule has 2 N–H and O–H groups in total. The first-order chi connectivity index (χ1) is 19.9. The molecule has 2 aromatic carbocycles. The summed E-state index contributed by atoms with van der Waals surface area (Å²) in [6, 6.07) is 14.1. The molecule has 1 unspecified atom stereocenters. The van der Waals surface area contributed by atoms with Crippen molar-refractivity contribution < 1.29 is 19.1 Å². The fourth-order valence-electron chi connectivity index (χ4n) is 4.29. The predicted octanol–water partition coefficient (Wildman–Crippen LogP) is 7.98. The number of benzene rings is 2. The zero-order valence-electron chi connectivity index (χ0n) is 23.5. The summed E-state index contributed by atoms with van der Waals surface area (Å²) >= 11 is 14.8. The second-order valence-electron chi connectivity index (χ2n) is 10.6. The molecule has 8 nitrogen and oxygen atoms in total. The third-order valence-electron chi connectivity index (χ3n) is 6.27. The highest BCUT2D eigenvalue weighted by molar-refractivity contribution is 8.00. The van der Waals surface area contributed by atoms with Gasteiger partial charge in [-0.25, -0.2) is 4.79 Å². The Labute approximate surface area is 263 Å². The summed E-state index contributed by atoms with van der Waals surface area (Å²) in [7, 11) is 0. The molecule has 3 aromatic rings. The zero-order chi connectivity index (χ0) is 30.6. The van der Waals surface area contributed by atoms with Crippen LogP contribution in [-0.2, 0) is 22.5 Å². The van der Waals surface area contributed by atoms with Crippen LogP contribution in [0.2, 0.25) is 10.0 Å². The van der Waals surface area contributed by atoms with Gasteiger partial charge in [-0.2, -0.15) is 5.26 Å². The Balaban J connectivity index is 1.44. The lowest BCUT2D eigenvalue weighted by Crippen LogP contribution is -2.39.